The molecule has 0 amide bonds. The van der Waals surface area contributed by atoms with Crippen molar-refractivity contribution in [2.75, 3.05) is 25.5 Å². The molecule has 0 aliphatic carbocycles. The van der Waals surface area contributed by atoms with E-state index in [1.807, 2.05) is 43.4 Å². The molecule has 0 fully saturated rings. The number of aromatic amines is 1. The predicted molar refractivity (Wildman–Crippen MR) is 120 cm³/mol. The maximum absolute atomic E-state index is 12.7. The molecule has 0 saturated heterocycles. The zero-order chi connectivity index (χ0) is 20.4. The molecule has 2 N–H and O–H groups in total. The van der Waals surface area contributed by atoms with E-state index < -0.39 is 10.0 Å². The average molecular weight is 426 g/mol. The number of nitrogens with one attached hydrogen (secondary N) is 2. The molecule has 4 rings (SSSR count). The van der Waals surface area contributed by atoms with Gasteiger partial charge in [0.15, 0.2) is 0 Å². The average Bonchev–Trinajstić information content (AvgIpc) is 3.39. The summed E-state index contributed by atoms with van der Waals surface area (Å²) >= 11 is 1.22. The van der Waals surface area contributed by atoms with Crippen molar-refractivity contribution in [2.24, 2.45) is 0 Å². The van der Waals surface area contributed by atoms with Gasteiger partial charge < -0.3 is 9.88 Å². The molecule has 0 aliphatic rings. The number of fused-ring (bicyclic) bond motifs is 1. The van der Waals surface area contributed by atoms with Gasteiger partial charge in [0, 0.05) is 49.3 Å². The molecule has 5 nitrogen and oxygen atoms in total. The number of anilines is 1. The Morgan fingerprint density at radius 3 is 2.48 bits per heavy atom. The van der Waals surface area contributed by atoms with Gasteiger partial charge in [0.1, 0.15) is 4.21 Å². The number of aromatic nitrogens is 1. The lowest BCUT2D eigenvalue weighted by Gasteiger charge is -2.20. The number of thiophene rings is 1. The molecule has 2 heterocycles. The molecule has 0 unspecified atom stereocenters. The summed E-state index contributed by atoms with van der Waals surface area (Å²) < 4.78 is 28.5. The van der Waals surface area contributed by atoms with Crippen LogP contribution in [0, 0.1) is 0 Å². The molecule has 2 aromatic carbocycles. The topological polar surface area (TPSA) is 65.2 Å². The van der Waals surface area contributed by atoms with Gasteiger partial charge in [-0.15, -0.1) is 11.3 Å². The normalized spacial score (nSPS) is 12.9. The summed E-state index contributed by atoms with van der Waals surface area (Å²) in [4.78, 5) is 5.35. The first-order valence-electron chi connectivity index (χ1n) is 9.32. The van der Waals surface area contributed by atoms with Crippen LogP contribution >= 0.6 is 11.3 Å². The van der Waals surface area contributed by atoms with E-state index in [1.165, 1.54) is 11.3 Å². The second-order valence-electron chi connectivity index (χ2n) is 7.11. The highest BCUT2D eigenvalue weighted by Crippen LogP contribution is 2.32. The third kappa shape index (κ3) is 4.07. The zero-order valence-corrected chi connectivity index (χ0v) is 17.9. The SMILES string of the molecule is CN(C)c1ccc([C@H](CNS(=O)(=O)c2cccs2)c2c[nH]c3ccccc23)cc1. The Morgan fingerprint density at radius 2 is 1.79 bits per heavy atom. The minimum absolute atomic E-state index is 0.114. The second-order valence-corrected chi connectivity index (χ2v) is 10.1. The molecule has 0 aliphatic heterocycles. The van der Waals surface area contributed by atoms with Crippen molar-refractivity contribution >= 4 is 38.0 Å². The minimum atomic E-state index is -3.54. The molecule has 2 aromatic heterocycles. The lowest BCUT2D eigenvalue weighted by molar-refractivity contribution is 0.580. The fourth-order valence-corrected chi connectivity index (χ4v) is 5.56. The third-order valence-electron chi connectivity index (χ3n) is 5.05. The van der Waals surface area contributed by atoms with Crippen LogP contribution in [-0.2, 0) is 10.0 Å². The summed E-state index contributed by atoms with van der Waals surface area (Å²) in [6.45, 7) is 0.281. The molecular weight excluding hydrogens is 402 g/mol. The van der Waals surface area contributed by atoms with Crippen LogP contribution < -0.4 is 9.62 Å². The summed E-state index contributed by atoms with van der Waals surface area (Å²) in [5.74, 6) is -0.114. The second kappa shape index (κ2) is 8.02. The fraction of sp³-hybridized carbons (Fsp3) is 0.182. The molecular formula is C22H23N3O2S2. The van der Waals surface area contributed by atoms with Gasteiger partial charge in [-0.05, 0) is 40.8 Å². The van der Waals surface area contributed by atoms with Gasteiger partial charge in [0.2, 0.25) is 10.0 Å². The molecule has 0 spiro atoms. The summed E-state index contributed by atoms with van der Waals surface area (Å²) in [5, 5.41) is 2.87. The van der Waals surface area contributed by atoms with E-state index in [2.05, 4.69) is 40.0 Å². The Balaban J connectivity index is 1.71. The molecule has 0 saturated carbocycles. The summed E-state index contributed by atoms with van der Waals surface area (Å²) in [6, 6.07) is 19.7. The van der Waals surface area contributed by atoms with Gasteiger partial charge in [-0.25, -0.2) is 13.1 Å². The van der Waals surface area contributed by atoms with Crippen LogP contribution in [0.4, 0.5) is 5.69 Å². The summed E-state index contributed by atoms with van der Waals surface area (Å²) in [5.41, 5.74) is 4.28. The third-order valence-corrected chi connectivity index (χ3v) is 7.87. The van der Waals surface area contributed by atoms with Crippen molar-refractivity contribution in [3.8, 4) is 0 Å². The Labute approximate surface area is 175 Å². The van der Waals surface area contributed by atoms with Gasteiger partial charge in [-0.2, -0.15) is 0 Å². The lowest BCUT2D eigenvalue weighted by atomic mass is 9.91. The monoisotopic (exact) mass is 425 g/mol. The first kappa shape index (κ1) is 19.7. The van der Waals surface area contributed by atoms with Crippen LogP contribution in [0.5, 0.6) is 0 Å². The quantitative estimate of drug-likeness (QED) is 0.461. The van der Waals surface area contributed by atoms with Gasteiger partial charge in [0.05, 0.1) is 0 Å². The first-order valence-corrected chi connectivity index (χ1v) is 11.7. The van der Waals surface area contributed by atoms with Crippen molar-refractivity contribution in [2.45, 2.75) is 10.1 Å². The molecule has 150 valence electrons. The van der Waals surface area contributed by atoms with Gasteiger partial charge >= 0.3 is 0 Å². The summed E-state index contributed by atoms with van der Waals surface area (Å²) in [6.07, 6.45) is 1.98. The Morgan fingerprint density at radius 1 is 1.03 bits per heavy atom. The molecule has 0 radical (unpaired) electrons. The minimum Gasteiger partial charge on any atom is -0.378 e. The number of benzene rings is 2. The number of nitrogens with zero attached hydrogens (tertiary/aromatic N) is 1. The number of sulfonamides is 1. The van der Waals surface area contributed by atoms with Crippen molar-refractivity contribution in [3.63, 3.8) is 0 Å². The Bertz CT molecular complexity index is 1190. The van der Waals surface area contributed by atoms with Crippen LogP contribution in [0.15, 0.2) is 76.4 Å². The van der Waals surface area contributed by atoms with Crippen LogP contribution in [0.1, 0.15) is 17.0 Å². The molecule has 7 heteroatoms. The number of hydrogen-bond donors (Lipinski definition) is 2. The van der Waals surface area contributed by atoms with Crippen LogP contribution in [0.25, 0.3) is 10.9 Å². The highest BCUT2D eigenvalue weighted by atomic mass is 32.2. The highest BCUT2D eigenvalue weighted by Gasteiger charge is 2.22. The molecule has 0 bridgehead atoms. The van der Waals surface area contributed by atoms with E-state index in [0.29, 0.717) is 4.21 Å². The van der Waals surface area contributed by atoms with E-state index in [0.717, 1.165) is 27.7 Å². The number of H-pyrrole nitrogens is 1. The van der Waals surface area contributed by atoms with Crippen LogP contribution in [0.2, 0.25) is 0 Å². The smallest absolute Gasteiger partial charge is 0.250 e. The van der Waals surface area contributed by atoms with Gasteiger partial charge in [-0.1, -0.05) is 36.4 Å². The highest BCUT2D eigenvalue weighted by molar-refractivity contribution is 7.91. The molecule has 4 aromatic rings. The van der Waals surface area contributed by atoms with Gasteiger partial charge in [0.25, 0.3) is 0 Å². The number of hydrogen-bond acceptors (Lipinski definition) is 4. The standard InChI is InChI=1S/C22H23N3O2S2/c1-25(2)17-11-9-16(10-12-17)19(15-24-29(26,27)22-8-5-13-28-22)20-14-23-21-7-4-3-6-18(20)21/h3-14,19,23-24H,15H2,1-2H3/t19-/m0/s1. The Kier molecular flexibility index (Phi) is 5.45. The molecule has 1 atom stereocenters. The van der Waals surface area contributed by atoms with Gasteiger partial charge in [-0.3, -0.25) is 0 Å². The van der Waals surface area contributed by atoms with E-state index >= 15 is 0 Å². The van der Waals surface area contributed by atoms with Crippen molar-refractivity contribution in [3.05, 3.63) is 83.4 Å². The lowest BCUT2D eigenvalue weighted by Crippen LogP contribution is -2.28. The first-order chi connectivity index (χ1) is 14.0. The fourth-order valence-electron chi connectivity index (χ4n) is 3.47. The predicted octanol–water partition coefficient (Wildman–Crippen LogP) is 4.41. The maximum Gasteiger partial charge on any atom is 0.250 e. The Hall–Kier alpha value is -2.61. The van der Waals surface area contributed by atoms with Crippen molar-refractivity contribution < 1.29 is 8.42 Å². The van der Waals surface area contributed by atoms with E-state index in [1.54, 1.807) is 17.5 Å². The van der Waals surface area contributed by atoms with Crippen LogP contribution in [-0.4, -0.2) is 34.0 Å². The number of para-hydroxylation sites is 1. The van der Waals surface area contributed by atoms with E-state index in [-0.39, 0.29) is 12.5 Å². The van der Waals surface area contributed by atoms with E-state index in [4.69, 9.17) is 0 Å². The van der Waals surface area contributed by atoms with Crippen LogP contribution in [0.3, 0.4) is 0 Å². The molecule has 29 heavy (non-hydrogen) atoms. The summed E-state index contributed by atoms with van der Waals surface area (Å²) in [7, 11) is 0.467. The zero-order valence-electron chi connectivity index (χ0n) is 16.3. The van der Waals surface area contributed by atoms with Crippen molar-refractivity contribution in [1.82, 2.24) is 9.71 Å². The van der Waals surface area contributed by atoms with Crippen molar-refractivity contribution in [1.29, 1.82) is 0 Å². The van der Waals surface area contributed by atoms with E-state index in [9.17, 15) is 8.42 Å². The largest absolute Gasteiger partial charge is 0.378 e. The maximum atomic E-state index is 12.7. The number of rotatable bonds is 7.